The van der Waals surface area contributed by atoms with Crippen LogP contribution in [0.15, 0.2) is 59.8 Å². The first-order chi connectivity index (χ1) is 14.2. The van der Waals surface area contributed by atoms with Crippen LogP contribution in [0.3, 0.4) is 0 Å². The van der Waals surface area contributed by atoms with E-state index in [4.69, 9.17) is 4.74 Å². The van der Waals surface area contributed by atoms with Crippen LogP contribution < -0.4 is 5.32 Å². The molecule has 1 aromatic heterocycles. The molecule has 1 fully saturated rings. The molecule has 2 aromatic carbocycles. The van der Waals surface area contributed by atoms with Gasteiger partial charge in [0.2, 0.25) is 5.91 Å². The molecule has 29 heavy (non-hydrogen) atoms. The third-order valence-corrected chi connectivity index (χ3v) is 5.77. The number of thioether (sulfide) groups is 1. The number of nitrogens with zero attached hydrogens (tertiary/aromatic N) is 3. The highest BCUT2D eigenvalue weighted by molar-refractivity contribution is 7.99. The van der Waals surface area contributed by atoms with E-state index in [0.717, 1.165) is 36.5 Å². The van der Waals surface area contributed by atoms with Gasteiger partial charge < -0.3 is 10.1 Å². The molecule has 1 aliphatic heterocycles. The van der Waals surface area contributed by atoms with Crippen molar-refractivity contribution in [3.8, 4) is 17.1 Å². The summed E-state index contributed by atoms with van der Waals surface area (Å²) >= 11 is 1.39. The summed E-state index contributed by atoms with van der Waals surface area (Å²) < 4.78 is 7.56. The van der Waals surface area contributed by atoms with Crippen LogP contribution in [0.4, 0.5) is 0 Å². The third kappa shape index (κ3) is 4.86. The van der Waals surface area contributed by atoms with Crippen molar-refractivity contribution in [2.24, 2.45) is 0 Å². The summed E-state index contributed by atoms with van der Waals surface area (Å²) in [6.07, 6.45) is 2.22. The first-order valence-corrected chi connectivity index (χ1v) is 10.8. The average Bonchev–Trinajstić information content (AvgIpc) is 3.42. The number of aryl methyl sites for hydroxylation is 1. The van der Waals surface area contributed by atoms with Gasteiger partial charge in [0, 0.05) is 24.4 Å². The van der Waals surface area contributed by atoms with Gasteiger partial charge in [0.25, 0.3) is 0 Å². The highest BCUT2D eigenvalue weighted by atomic mass is 32.2. The maximum atomic E-state index is 12.3. The molecule has 0 spiro atoms. The van der Waals surface area contributed by atoms with E-state index in [0.29, 0.717) is 11.7 Å². The molecule has 1 atom stereocenters. The highest BCUT2D eigenvalue weighted by Crippen LogP contribution is 2.28. The molecule has 4 rings (SSSR count). The summed E-state index contributed by atoms with van der Waals surface area (Å²) in [6.45, 7) is 3.42. The molecular formula is C22H24N4O2S. The largest absolute Gasteiger partial charge is 0.376 e. The van der Waals surface area contributed by atoms with Crippen molar-refractivity contribution < 1.29 is 9.53 Å². The monoisotopic (exact) mass is 408 g/mol. The molecule has 0 unspecified atom stereocenters. The van der Waals surface area contributed by atoms with Gasteiger partial charge in [0.15, 0.2) is 11.0 Å². The molecule has 0 radical (unpaired) electrons. The fraction of sp³-hybridized carbons (Fsp3) is 0.318. The number of hydrogen-bond donors (Lipinski definition) is 1. The van der Waals surface area contributed by atoms with Gasteiger partial charge in [-0.15, -0.1) is 10.2 Å². The van der Waals surface area contributed by atoms with Crippen LogP contribution >= 0.6 is 11.8 Å². The van der Waals surface area contributed by atoms with Crippen molar-refractivity contribution in [1.29, 1.82) is 0 Å². The summed E-state index contributed by atoms with van der Waals surface area (Å²) in [4.78, 5) is 12.3. The smallest absolute Gasteiger partial charge is 0.230 e. The van der Waals surface area contributed by atoms with E-state index in [1.165, 1.54) is 17.3 Å². The van der Waals surface area contributed by atoms with E-state index in [9.17, 15) is 4.79 Å². The number of hydrogen-bond acceptors (Lipinski definition) is 5. The molecule has 1 amide bonds. The summed E-state index contributed by atoms with van der Waals surface area (Å²) in [6, 6.07) is 18.2. The Bertz CT molecular complexity index is 951. The van der Waals surface area contributed by atoms with Crippen LogP contribution in [0.25, 0.3) is 17.1 Å². The number of rotatable bonds is 7. The van der Waals surface area contributed by atoms with Crippen LogP contribution in [0.1, 0.15) is 18.4 Å². The van der Waals surface area contributed by atoms with Crippen molar-refractivity contribution in [1.82, 2.24) is 20.1 Å². The second-order valence-electron chi connectivity index (χ2n) is 7.07. The Morgan fingerprint density at radius 1 is 1.17 bits per heavy atom. The Balaban J connectivity index is 1.52. The van der Waals surface area contributed by atoms with Crippen molar-refractivity contribution >= 4 is 17.7 Å². The maximum Gasteiger partial charge on any atom is 0.230 e. The number of nitrogens with one attached hydrogen (secondary N) is 1. The lowest BCUT2D eigenvalue weighted by Gasteiger charge is -2.12. The van der Waals surface area contributed by atoms with E-state index in [1.54, 1.807) is 0 Å². The molecule has 0 saturated carbocycles. The first-order valence-electron chi connectivity index (χ1n) is 9.79. The van der Waals surface area contributed by atoms with Gasteiger partial charge >= 0.3 is 0 Å². The van der Waals surface area contributed by atoms with E-state index in [1.807, 2.05) is 47.0 Å². The predicted octanol–water partition coefficient (Wildman–Crippen LogP) is 3.63. The molecule has 1 aliphatic rings. The van der Waals surface area contributed by atoms with Gasteiger partial charge in [0.1, 0.15) is 0 Å². The maximum absolute atomic E-state index is 12.3. The van der Waals surface area contributed by atoms with Crippen molar-refractivity contribution in [2.45, 2.75) is 31.0 Å². The van der Waals surface area contributed by atoms with Gasteiger partial charge in [-0.3, -0.25) is 9.36 Å². The molecule has 7 heteroatoms. The fourth-order valence-corrected chi connectivity index (χ4v) is 4.06. The zero-order chi connectivity index (χ0) is 20.1. The molecule has 6 nitrogen and oxygen atoms in total. The second-order valence-corrected chi connectivity index (χ2v) is 8.01. The Morgan fingerprint density at radius 2 is 1.97 bits per heavy atom. The molecular weight excluding hydrogens is 384 g/mol. The zero-order valence-electron chi connectivity index (χ0n) is 16.4. The molecule has 0 bridgehead atoms. The number of carbonyl (C=O) groups excluding carboxylic acids is 1. The molecule has 150 valence electrons. The minimum Gasteiger partial charge on any atom is -0.376 e. The lowest BCUT2D eigenvalue weighted by Crippen LogP contribution is -2.32. The SMILES string of the molecule is Cc1ccc(-n2c(SCC(=O)NC[C@H]3CCCO3)nnc2-c2ccccc2)cc1. The molecule has 1 saturated heterocycles. The molecule has 3 aromatic rings. The van der Waals surface area contributed by atoms with Crippen molar-refractivity contribution in [3.63, 3.8) is 0 Å². The quantitative estimate of drug-likeness (QED) is 0.605. The number of ether oxygens (including phenoxy) is 1. The number of benzene rings is 2. The Hall–Kier alpha value is -2.64. The Kier molecular flexibility index (Phi) is 6.27. The average molecular weight is 409 g/mol. The van der Waals surface area contributed by atoms with E-state index >= 15 is 0 Å². The summed E-state index contributed by atoms with van der Waals surface area (Å²) in [5.41, 5.74) is 3.14. The minimum atomic E-state index is -0.0229. The van der Waals surface area contributed by atoms with Crippen LogP contribution in [0, 0.1) is 6.92 Å². The third-order valence-electron chi connectivity index (χ3n) is 4.84. The highest BCUT2D eigenvalue weighted by Gasteiger charge is 2.19. The number of amides is 1. The van der Waals surface area contributed by atoms with Gasteiger partial charge in [0.05, 0.1) is 11.9 Å². The van der Waals surface area contributed by atoms with Gasteiger partial charge in [-0.2, -0.15) is 0 Å². The molecule has 1 N–H and O–H groups in total. The van der Waals surface area contributed by atoms with E-state index in [2.05, 4.69) is 34.6 Å². The summed E-state index contributed by atoms with van der Waals surface area (Å²) in [7, 11) is 0. The second kappa shape index (κ2) is 9.24. The lowest BCUT2D eigenvalue weighted by molar-refractivity contribution is -0.119. The predicted molar refractivity (Wildman–Crippen MR) is 114 cm³/mol. The van der Waals surface area contributed by atoms with Crippen LogP contribution in [0.5, 0.6) is 0 Å². The number of aromatic nitrogens is 3. The van der Waals surface area contributed by atoms with Crippen molar-refractivity contribution in [3.05, 3.63) is 60.2 Å². The first kappa shape index (κ1) is 19.7. The summed E-state index contributed by atoms with van der Waals surface area (Å²) in [5.74, 6) is 1.02. The van der Waals surface area contributed by atoms with Crippen LogP contribution in [0.2, 0.25) is 0 Å². The molecule has 0 aliphatic carbocycles. The standard InChI is InChI=1S/C22H24N4O2S/c1-16-9-11-18(12-10-16)26-21(17-6-3-2-4-7-17)24-25-22(26)29-15-20(27)23-14-19-8-5-13-28-19/h2-4,6-7,9-12,19H,5,8,13-15H2,1H3,(H,23,27)/t19-/m1/s1. The minimum absolute atomic E-state index is 0.0229. The topological polar surface area (TPSA) is 69.0 Å². The van der Waals surface area contributed by atoms with E-state index in [-0.39, 0.29) is 17.8 Å². The van der Waals surface area contributed by atoms with Crippen LogP contribution in [-0.2, 0) is 9.53 Å². The van der Waals surface area contributed by atoms with E-state index < -0.39 is 0 Å². The molecule has 2 heterocycles. The van der Waals surface area contributed by atoms with Gasteiger partial charge in [-0.1, -0.05) is 59.8 Å². The zero-order valence-corrected chi connectivity index (χ0v) is 17.2. The Morgan fingerprint density at radius 3 is 2.69 bits per heavy atom. The number of carbonyl (C=O) groups is 1. The van der Waals surface area contributed by atoms with Crippen molar-refractivity contribution in [2.75, 3.05) is 18.9 Å². The normalized spacial score (nSPS) is 16.1. The lowest BCUT2D eigenvalue weighted by atomic mass is 10.2. The van der Waals surface area contributed by atoms with Gasteiger partial charge in [-0.25, -0.2) is 0 Å². The Labute approximate surface area is 174 Å². The fourth-order valence-electron chi connectivity index (χ4n) is 3.28. The summed E-state index contributed by atoms with van der Waals surface area (Å²) in [5, 5.41) is 12.4. The van der Waals surface area contributed by atoms with Crippen LogP contribution in [-0.4, -0.2) is 45.7 Å². The van der Waals surface area contributed by atoms with Gasteiger partial charge in [-0.05, 0) is 31.9 Å².